The lowest BCUT2D eigenvalue weighted by atomic mass is 9.56. The van der Waals surface area contributed by atoms with Crippen molar-refractivity contribution in [1.29, 1.82) is 0 Å². The van der Waals surface area contributed by atoms with Gasteiger partial charge in [-0.3, -0.25) is 9.59 Å². The summed E-state index contributed by atoms with van der Waals surface area (Å²) in [6.07, 6.45) is 7.72. The molecule has 0 bridgehead atoms. The number of carboxylic acids is 2. The molecule has 0 saturated heterocycles. The topological polar surface area (TPSA) is 127 Å². The lowest BCUT2D eigenvalue weighted by Crippen LogP contribution is -2.49. The molecule has 6 N–H and O–H groups in total. The summed E-state index contributed by atoms with van der Waals surface area (Å²) in [6, 6.07) is 0.345. The molecule has 2 aliphatic carbocycles. The van der Waals surface area contributed by atoms with E-state index in [2.05, 4.69) is 0 Å². The predicted octanol–water partition coefficient (Wildman–Crippen LogP) is 2.35. The van der Waals surface area contributed by atoms with Crippen LogP contribution in [0.2, 0.25) is 0 Å². The maximum Gasteiger partial charge on any atom is 0.310 e. The molecule has 6 nitrogen and oxygen atoms in total. The van der Waals surface area contributed by atoms with Crippen molar-refractivity contribution in [2.45, 2.75) is 82.7 Å². The lowest BCUT2D eigenvalue weighted by molar-refractivity contribution is -0.162. The van der Waals surface area contributed by atoms with Crippen LogP contribution >= 0.6 is 0 Å². The maximum absolute atomic E-state index is 12.4. The van der Waals surface area contributed by atoms with Gasteiger partial charge in [0.05, 0.1) is 5.41 Å². The zero-order valence-corrected chi connectivity index (χ0v) is 14.5. The summed E-state index contributed by atoms with van der Waals surface area (Å²) in [5.74, 6) is -1.40. The molecule has 138 valence electrons. The second-order valence-electron chi connectivity index (χ2n) is 7.82. The highest BCUT2D eigenvalue weighted by atomic mass is 16.4. The van der Waals surface area contributed by atoms with E-state index in [1.54, 1.807) is 0 Å². The van der Waals surface area contributed by atoms with Crippen LogP contribution in [0.3, 0.4) is 0 Å². The number of hydrogen-bond donors (Lipinski definition) is 4. The Morgan fingerprint density at radius 3 is 1.58 bits per heavy atom. The van der Waals surface area contributed by atoms with Crippen molar-refractivity contribution in [3.05, 3.63) is 0 Å². The van der Waals surface area contributed by atoms with Crippen molar-refractivity contribution in [2.24, 2.45) is 28.7 Å². The van der Waals surface area contributed by atoms with Crippen LogP contribution in [0.5, 0.6) is 0 Å². The highest BCUT2D eigenvalue weighted by Crippen LogP contribution is 2.51. The molecule has 0 amide bonds. The molecule has 0 radical (unpaired) electrons. The van der Waals surface area contributed by atoms with Gasteiger partial charge in [0.2, 0.25) is 0 Å². The molecule has 2 rings (SSSR count). The van der Waals surface area contributed by atoms with Crippen molar-refractivity contribution in [3.63, 3.8) is 0 Å². The Morgan fingerprint density at radius 1 is 0.833 bits per heavy atom. The molecule has 0 aromatic heterocycles. The highest BCUT2D eigenvalue weighted by molar-refractivity contribution is 5.76. The number of hydrogen-bond acceptors (Lipinski definition) is 4. The fourth-order valence-corrected chi connectivity index (χ4v) is 5.00. The highest BCUT2D eigenvalue weighted by Gasteiger charge is 2.51. The van der Waals surface area contributed by atoms with Crippen LogP contribution in [0.25, 0.3) is 0 Å². The normalized spacial score (nSPS) is 33.6. The van der Waals surface area contributed by atoms with Gasteiger partial charge >= 0.3 is 11.9 Å². The van der Waals surface area contributed by atoms with Gasteiger partial charge < -0.3 is 21.7 Å². The van der Waals surface area contributed by atoms with E-state index < -0.39 is 17.4 Å². The second-order valence-corrected chi connectivity index (χ2v) is 7.82. The molecule has 0 spiro atoms. The Labute approximate surface area is 144 Å². The van der Waals surface area contributed by atoms with E-state index in [-0.39, 0.29) is 30.3 Å². The fraction of sp³-hybridized carbons (Fsp3) is 0.889. The van der Waals surface area contributed by atoms with Gasteiger partial charge in [0, 0.05) is 18.5 Å². The molecular formula is C18H32N2O4. The van der Waals surface area contributed by atoms with Gasteiger partial charge in [-0.2, -0.15) is 0 Å². The first-order valence-electron chi connectivity index (χ1n) is 9.32. The number of nitrogens with two attached hydrogens (primary N) is 2. The summed E-state index contributed by atoms with van der Waals surface area (Å²) in [5, 5.41) is 19.2. The first kappa shape index (κ1) is 19.2. The smallest absolute Gasteiger partial charge is 0.310 e. The molecule has 0 atom stereocenters. The Hall–Kier alpha value is -1.14. The van der Waals surface area contributed by atoms with Crippen LogP contribution in [-0.2, 0) is 9.59 Å². The maximum atomic E-state index is 12.4. The minimum Gasteiger partial charge on any atom is -0.481 e. The molecule has 24 heavy (non-hydrogen) atoms. The van der Waals surface area contributed by atoms with Gasteiger partial charge in [-0.1, -0.05) is 0 Å². The summed E-state index contributed by atoms with van der Waals surface area (Å²) >= 11 is 0. The molecule has 2 saturated carbocycles. The van der Waals surface area contributed by atoms with E-state index in [1.165, 1.54) is 0 Å². The second kappa shape index (κ2) is 8.30. The third-order valence-electron chi connectivity index (χ3n) is 6.38. The van der Waals surface area contributed by atoms with E-state index in [0.717, 1.165) is 51.4 Å². The van der Waals surface area contributed by atoms with Crippen molar-refractivity contribution >= 4 is 11.9 Å². The monoisotopic (exact) mass is 340 g/mol. The van der Waals surface area contributed by atoms with Crippen molar-refractivity contribution in [3.8, 4) is 0 Å². The zero-order valence-electron chi connectivity index (χ0n) is 14.5. The van der Waals surface area contributed by atoms with Gasteiger partial charge in [0.1, 0.15) is 0 Å². The molecule has 0 aliphatic heterocycles. The third-order valence-corrected chi connectivity index (χ3v) is 6.38. The molecular weight excluding hydrogens is 308 g/mol. The Morgan fingerprint density at radius 2 is 1.25 bits per heavy atom. The van der Waals surface area contributed by atoms with Crippen LogP contribution in [0, 0.1) is 17.3 Å². The van der Waals surface area contributed by atoms with E-state index in [9.17, 15) is 14.7 Å². The summed E-state index contributed by atoms with van der Waals surface area (Å²) in [6.45, 7) is 0. The van der Waals surface area contributed by atoms with Crippen LogP contribution in [-0.4, -0.2) is 34.2 Å². The SMILES string of the molecule is NC1CCC(C(CCCC(=O)O)(C(=O)O)C2CCC(N)CC2)CC1. The van der Waals surface area contributed by atoms with Gasteiger partial charge in [-0.05, 0) is 76.0 Å². The van der Waals surface area contributed by atoms with Gasteiger partial charge in [-0.15, -0.1) is 0 Å². The summed E-state index contributed by atoms with van der Waals surface area (Å²) in [5.41, 5.74) is 11.2. The standard InChI is InChI=1S/C18H32N2O4/c19-14-7-3-12(4-8-14)18(17(23)24,11-1-2-16(21)22)13-5-9-15(20)10-6-13/h12-15H,1-11,19-20H2,(H,21,22)(H,23,24). The number of carbonyl (C=O) groups is 2. The molecule has 2 fully saturated rings. The molecule has 0 heterocycles. The Bertz CT molecular complexity index is 416. The van der Waals surface area contributed by atoms with Gasteiger partial charge in [-0.25, -0.2) is 0 Å². The van der Waals surface area contributed by atoms with E-state index in [0.29, 0.717) is 12.8 Å². The average Bonchev–Trinajstić information content (AvgIpc) is 2.53. The summed E-state index contributed by atoms with van der Waals surface area (Å²) in [7, 11) is 0. The number of rotatable bonds is 7. The van der Waals surface area contributed by atoms with Crippen molar-refractivity contribution in [1.82, 2.24) is 0 Å². The van der Waals surface area contributed by atoms with E-state index >= 15 is 0 Å². The molecule has 6 heteroatoms. The minimum absolute atomic E-state index is 0.0352. The minimum atomic E-state index is -0.856. The molecule has 2 aliphatic rings. The lowest BCUT2D eigenvalue weighted by Gasteiger charge is -2.47. The molecule has 0 aromatic carbocycles. The van der Waals surface area contributed by atoms with E-state index in [4.69, 9.17) is 16.6 Å². The number of carboxylic acid groups (broad SMARTS) is 2. The average molecular weight is 340 g/mol. The predicted molar refractivity (Wildman–Crippen MR) is 91.4 cm³/mol. The Kier molecular flexibility index (Phi) is 6.63. The fourth-order valence-electron chi connectivity index (χ4n) is 5.00. The summed E-state index contributed by atoms with van der Waals surface area (Å²) in [4.78, 5) is 23.4. The quantitative estimate of drug-likeness (QED) is 0.563. The third kappa shape index (κ3) is 4.28. The zero-order chi connectivity index (χ0) is 17.7. The first-order chi connectivity index (χ1) is 11.4. The van der Waals surface area contributed by atoms with Crippen LogP contribution in [0.4, 0.5) is 0 Å². The first-order valence-corrected chi connectivity index (χ1v) is 9.32. The summed E-state index contributed by atoms with van der Waals surface area (Å²) < 4.78 is 0. The Balaban J connectivity index is 2.22. The van der Waals surface area contributed by atoms with Crippen LogP contribution < -0.4 is 11.5 Å². The van der Waals surface area contributed by atoms with Crippen molar-refractivity contribution in [2.75, 3.05) is 0 Å². The molecule has 0 aromatic rings. The van der Waals surface area contributed by atoms with Gasteiger partial charge in [0.15, 0.2) is 0 Å². The van der Waals surface area contributed by atoms with Crippen molar-refractivity contribution < 1.29 is 19.8 Å². The number of aliphatic carboxylic acids is 2. The molecule has 0 unspecified atom stereocenters. The largest absolute Gasteiger partial charge is 0.481 e. The van der Waals surface area contributed by atoms with Crippen LogP contribution in [0.15, 0.2) is 0 Å². The van der Waals surface area contributed by atoms with Crippen LogP contribution in [0.1, 0.15) is 70.6 Å². The van der Waals surface area contributed by atoms with E-state index in [1.807, 2.05) is 0 Å². The van der Waals surface area contributed by atoms with Gasteiger partial charge in [0.25, 0.3) is 0 Å².